The number of halogens is 1. The zero-order chi connectivity index (χ0) is 8.27. The highest BCUT2D eigenvalue weighted by atomic mass is 35.5. The van der Waals surface area contributed by atoms with Crippen LogP contribution >= 0.6 is 0 Å². The molecule has 66 valence electrons. The molecule has 0 spiro atoms. The van der Waals surface area contributed by atoms with Crippen LogP contribution in [0.15, 0.2) is 24.5 Å². The van der Waals surface area contributed by atoms with Crippen LogP contribution in [0, 0.1) is 0 Å². The Labute approximate surface area is 78.6 Å². The molecule has 0 aromatic carbocycles. The zero-order valence-corrected chi connectivity index (χ0v) is 8.01. The normalized spacial score (nSPS) is 8.83. The van der Waals surface area contributed by atoms with Gasteiger partial charge in [0.2, 0.25) is 0 Å². The average molecular weight is 186 g/mol. The number of hydrogen-bond acceptors (Lipinski definition) is 1. The molecule has 0 amide bonds. The minimum absolute atomic E-state index is 0. The predicted molar refractivity (Wildman–Crippen MR) is 42.3 cm³/mol. The molecule has 1 aromatic heterocycles. The maximum Gasteiger partial charge on any atom is 0.169 e. The minimum Gasteiger partial charge on any atom is -1.00 e. The van der Waals surface area contributed by atoms with E-state index in [1.807, 2.05) is 29.1 Å². The Hall–Kier alpha value is -0.890. The van der Waals surface area contributed by atoms with E-state index in [0.717, 1.165) is 12.1 Å². The molecule has 0 aliphatic heterocycles. The fourth-order valence-electron chi connectivity index (χ4n) is 0.903. The number of carbonyl (C=O) groups excluding carboxylic acids is 1. The van der Waals surface area contributed by atoms with Gasteiger partial charge < -0.3 is 12.4 Å². The molecule has 1 heterocycles. The second-order valence-corrected chi connectivity index (χ2v) is 2.47. The van der Waals surface area contributed by atoms with Gasteiger partial charge in [0.1, 0.15) is 6.54 Å². The monoisotopic (exact) mass is 185 g/mol. The van der Waals surface area contributed by atoms with Crippen LogP contribution in [-0.2, 0) is 6.54 Å². The fraction of sp³-hybridized carbons (Fsp3) is 0.333. The van der Waals surface area contributed by atoms with Gasteiger partial charge in [-0.25, -0.2) is 4.57 Å². The van der Waals surface area contributed by atoms with Gasteiger partial charge in [0, 0.05) is 17.7 Å². The number of aryl methyl sites for hydroxylation is 1. The van der Waals surface area contributed by atoms with E-state index in [9.17, 15) is 4.79 Å². The molecular weight excluding hydrogens is 174 g/mol. The Morgan fingerprint density at radius 3 is 2.25 bits per heavy atom. The topological polar surface area (TPSA) is 20.9 Å². The SMILES string of the molecule is CC[n+]1ccc(C(C)=O)cc1.[Cl-]. The van der Waals surface area contributed by atoms with Gasteiger partial charge in [-0.15, -0.1) is 0 Å². The van der Waals surface area contributed by atoms with Crippen molar-refractivity contribution in [2.24, 2.45) is 0 Å². The van der Waals surface area contributed by atoms with Crippen LogP contribution in [0.25, 0.3) is 0 Å². The van der Waals surface area contributed by atoms with Crippen molar-refractivity contribution in [1.29, 1.82) is 0 Å². The predicted octanol–water partition coefficient (Wildman–Crippen LogP) is -1.80. The lowest BCUT2D eigenvalue weighted by atomic mass is 10.2. The van der Waals surface area contributed by atoms with Crippen LogP contribution in [-0.4, -0.2) is 5.78 Å². The Morgan fingerprint density at radius 1 is 1.42 bits per heavy atom. The van der Waals surface area contributed by atoms with Gasteiger partial charge >= 0.3 is 0 Å². The molecule has 3 heteroatoms. The largest absolute Gasteiger partial charge is 1.00 e. The second kappa shape index (κ2) is 4.88. The zero-order valence-electron chi connectivity index (χ0n) is 7.25. The van der Waals surface area contributed by atoms with Gasteiger partial charge in [0.05, 0.1) is 0 Å². The van der Waals surface area contributed by atoms with Crippen molar-refractivity contribution in [3.8, 4) is 0 Å². The molecule has 1 rings (SSSR count). The first-order valence-corrected chi connectivity index (χ1v) is 3.74. The van der Waals surface area contributed by atoms with Crippen molar-refractivity contribution in [3.05, 3.63) is 30.1 Å². The number of aromatic nitrogens is 1. The lowest BCUT2D eigenvalue weighted by Crippen LogP contribution is -3.00. The molecule has 12 heavy (non-hydrogen) atoms. The molecule has 2 nitrogen and oxygen atoms in total. The number of carbonyl (C=O) groups is 1. The summed E-state index contributed by atoms with van der Waals surface area (Å²) in [6.45, 7) is 4.58. The molecule has 0 atom stereocenters. The summed E-state index contributed by atoms with van der Waals surface area (Å²) in [6.07, 6.45) is 3.83. The maximum atomic E-state index is 10.8. The first kappa shape index (κ1) is 11.1. The summed E-state index contributed by atoms with van der Waals surface area (Å²) >= 11 is 0. The minimum atomic E-state index is 0. The van der Waals surface area contributed by atoms with Crippen LogP contribution in [0.4, 0.5) is 0 Å². The van der Waals surface area contributed by atoms with E-state index in [-0.39, 0.29) is 18.2 Å². The van der Waals surface area contributed by atoms with Crippen molar-refractivity contribution in [2.45, 2.75) is 20.4 Å². The molecular formula is C9H12ClNO. The molecule has 0 saturated carbocycles. The Balaban J connectivity index is 0.00000121. The van der Waals surface area contributed by atoms with E-state index in [1.165, 1.54) is 0 Å². The number of rotatable bonds is 2. The number of nitrogens with zero attached hydrogens (tertiary/aromatic N) is 1. The van der Waals surface area contributed by atoms with E-state index in [0.29, 0.717) is 0 Å². The lowest BCUT2D eigenvalue weighted by molar-refractivity contribution is -0.693. The molecule has 0 aliphatic rings. The molecule has 0 bridgehead atoms. The van der Waals surface area contributed by atoms with Crippen molar-refractivity contribution in [3.63, 3.8) is 0 Å². The van der Waals surface area contributed by atoms with Crippen LogP contribution in [0.5, 0.6) is 0 Å². The van der Waals surface area contributed by atoms with Crippen molar-refractivity contribution >= 4 is 5.78 Å². The number of pyridine rings is 1. The number of ketones is 1. The highest BCUT2D eigenvalue weighted by molar-refractivity contribution is 5.93. The van der Waals surface area contributed by atoms with E-state index in [4.69, 9.17) is 0 Å². The third-order valence-electron chi connectivity index (χ3n) is 1.66. The average Bonchev–Trinajstić information content (AvgIpc) is 2.05. The quantitative estimate of drug-likeness (QED) is 0.394. The molecule has 0 N–H and O–H groups in total. The van der Waals surface area contributed by atoms with Gasteiger partial charge in [-0.2, -0.15) is 0 Å². The summed E-state index contributed by atoms with van der Waals surface area (Å²) in [5, 5.41) is 0. The summed E-state index contributed by atoms with van der Waals surface area (Å²) < 4.78 is 2.02. The number of Topliss-reactive ketones (excluding diaryl/α,β-unsaturated/α-hetero) is 1. The molecule has 0 aliphatic carbocycles. The van der Waals surface area contributed by atoms with Gasteiger partial charge in [-0.3, -0.25) is 4.79 Å². The van der Waals surface area contributed by atoms with Gasteiger partial charge in [0.15, 0.2) is 18.2 Å². The molecule has 0 saturated heterocycles. The van der Waals surface area contributed by atoms with Gasteiger partial charge in [0.25, 0.3) is 0 Å². The first-order valence-electron chi connectivity index (χ1n) is 3.74. The van der Waals surface area contributed by atoms with Gasteiger partial charge in [-0.05, 0) is 13.8 Å². The Kier molecular flexibility index (Phi) is 4.52. The van der Waals surface area contributed by atoms with Crippen molar-refractivity contribution in [1.82, 2.24) is 0 Å². The van der Waals surface area contributed by atoms with E-state index in [1.54, 1.807) is 6.92 Å². The lowest BCUT2D eigenvalue weighted by Gasteiger charge is -1.92. The first-order chi connectivity index (χ1) is 5.24. The summed E-state index contributed by atoms with van der Waals surface area (Å²) in [5.74, 6) is 0.119. The molecule has 0 unspecified atom stereocenters. The van der Waals surface area contributed by atoms with Crippen molar-refractivity contribution in [2.75, 3.05) is 0 Å². The highest BCUT2D eigenvalue weighted by Gasteiger charge is 2.00. The summed E-state index contributed by atoms with van der Waals surface area (Å²) in [5.41, 5.74) is 0.773. The Morgan fingerprint density at radius 2 is 1.92 bits per heavy atom. The van der Waals surface area contributed by atoms with Crippen molar-refractivity contribution < 1.29 is 21.8 Å². The third kappa shape index (κ3) is 2.62. The van der Waals surface area contributed by atoms with Crippen LogP contribution in [0.2, 0.25) is 0 Å². The fourth-order valence-corrected chi connectivity index (χ4v) is 0.903. The van der Waals surface area contributed by atoms with Gasteiger partial charge in [-0.1, -0.05) is 0 Å². The third-order valence-corrected chi connectivity index (χ3v) is 1.66. The van der Waals surface area contributed by atoms with Crippen LogP contribution in [0.1, 0.15) is 24.2 Å². The highest BCUT2D eigenvalue weighted by Crippen LogP contribution is 1.94. The summed E-state index contributed by atoms with van der Waals surface area (Å²) in [4.78, 5) is 10.8. The molecule has 0 fully saturated rings. The summed E-state index contributed by atoms with van der Waals surface area (Å²) in [7, 11) is 0. The Bertz CT molecular complexity index is 256. The maximum absolute atomic E-state index is 10.8. The second-order valence-electron chi connectivity index (χ2n) is 2.47. The van der Waals surface area contributed by atoms with E-state index < -0.39 is 0 Å². The van der Waals surface area contributed by atoms with Crippen LogP contribution in [0.3, 0.4) is 0 Å². The number of hydrogen-bond donors (Lipinski definition) is 0. The molecule has 0 radical (unpaired) electrons. The van der Waals surface area contributed by atoms with E-state index >= 15 is 0 Å². The molecule has 1 aromatic rings. The summed E-state index contributed by atoms with van der Waals surface area (Å²) in [6, 6.07) is 3.68. The smallest absolute Gasteiger partial charge is 0.169 e. The van der Waals surface area contributed by atoms with Crippen LogP contribution < -0.4 is 17.0 Å². The van der Waals surface area contributed by atoms with E-state index in [2.05, 4.69) is 6.92 Å². The standard InChI is InChI=1S/C9H12NO.ClH/c1-3-10-6-4-9(5-7-10)8(2)11;/h4-7H,3H2,1-2H3;1H/q+1;/p-1.